The molecular weight excluding hydrogens is 344 g/mol. The third-order valence-electron chi connectivity index (χ3n) is 9.56. The van der Waals surface area contributed by atoms with E-state index in [9.17, 15) is 24.9 Å². The Labute approximate surface area is 161 Å². The van der Waals surface area contributed by atoms with E-state index in [0.717, 1.165) is 25.7 Å². The summed E-state index contributed by atoms with van der Waals surface area (Å²) in [5.41, 5.74) is -2.32. The highest BCUT2D eigenvalue weighted by Crippen LogP contribution is 2.69. The number of rotatable bonds is 2. The molecule has 3 N–H and O–H groups in total. The Morgan fingerprint density at radius 1 is 1.26 bits per heavy atom. The van der Waals surface area contributed by atoms with Crippen LogP contribution >= 0.6 is 0 Å². The van der Waals surface area contributed by atoms with Crippen molar-refractivity contribution in [1.29, 1.82) is 0 Å². The first kappa shape index (κ1) is 19.5. The Morgan fingerprint density at radius 2 is 1.96 bits per heavy atom. The van der Waals surface area contributed by atoms with Crippen LogP contribution in [0.3, 0.4) is 0 Å². The smallest absolute Gasteiger partial charge is 0.190 e. The Hall–Kier alpha value is -0.780. The van der Waals surface area contributed by atoms with Crippen LogP contribution in [0.2, 0.25) is 0 Å². The molecular formula is C22H34O5. The topological polar surface area (TPSA) is 94.8 Å². The number of Topliss-reactive ketones (excluding diaryl/α,β-unsaturated/α-hetero) is 2. The molecule has 0 heterocycles. The summed E-state index contributed by atoms with van der Waals surface area (Å²) in [5.74, 6) is 0.513. The predicted molar refractivity (Wildman–Crippen MR) is 99.7 cm³/mol. The fourth-order valence-electron chi connectivity index (χ4n) is 8.22. The lowest BCUT2D eigenvalue weighted by Gasteiger charge is -2.62. The van der Waals surface area contributed by atoms with Crippen LogP contribution in [0.25, 0.3) is 0 Å². The molecule has 5 nitrogen and oxygen atoms in total. The van der Waals surface area contributed by atoms with E-state index >= 15 is 0 Å². The number of fused-ring (bicyclic) bond motifs is 5. The van der Waals surface area contributed by atoms with Crippen LogP contribution in [0.4, 0.5) is 0 Å². The number of aliphatic hydroxyl groups excluding tert-OH is 2. The van der Waals surface area contributed by atoms with Crippen LogP contribution in [0.5, 0.6) is 0 Å². The number of ketones is 2. The van der Waals surface area contributed by atoms with Gasteiger partial charge in [0, 0.05) is 18.3 Å². The number of carbonyl (C=O) groups excluding carboxylic acids is 2. The summed E-state index contributed by atoms with van der Waals surface area (Å²) in [6.45, 7) is 5.46. The molecule has 0 bridgehead atoms. The van der Waals surface area contributed by atoms with Gasteiger partial charge in [-0.3, -0.25) is 9.59 Å². The van der Waals surface area contributed by atoms with Crippen molar-refractivity contribution in [1.82, 2.24) is 0 Å². The highest BCUT2D eigenvalue weighted by molar-refractivity contribution is 5.90. The van der Waals surface area contributed by atoms with Gasteiger partial charge in [0.05, 0.1) is 6.10 Å². The Balaban J connectivity index is 1.73. The van der Waals surface area contributed by atoms with Crippen molar-refractivity contribution in [3.63, 3.8) is 0 Å². The SMILES string of the molecule is C[C@H]1C[C@H]2[C@@H]3CC[C@H]4CC(=O)CC[C@]4(C)[C@H]3[C@@H](O)C[C@]2(C)[C@@]1(O)C(=O)CO. The fraction of sp³-hybridized carbons (Fsp3) is 0.909. The fourth-order valence-corrected chi connectivity index (χ4v) is 8.22. The molecule has 5 heteroatoms. The van der Waals surface area contributed by atoms with Crippen LogP contribution in [0.15, 0.2) is 0 Å². The van der Waals surface area contributed by atoms with Gasteiger partial charge in [-0.25, -0.2) is 0 Å². The average Bonchev–Trinajstić information content (AvgIpc) is 2.82. The molecule has 4 saturated carbocycles. The van der Waals surface area contributed by atoms with Gasteiger partial charge >= 0.3 is 0 Å². The van der Waals surface area contributed by atoms with Gasteiger partial charge in [0.1, 0.15) is 18.0 Å². The molecule has 4 aliphatic carbocycles. The van der Waals surface area contributed by atoms with Crippen molar-refractivity contribution in [2.24, 2.45) is 40.4 Å². The quantitative estimate of drug-likeness (QED) is 0.684. The summed E-state index contributed by atoms with van der Waals surface area (Å²) < 4.78 is 0. The molecule has 0 spiro atoms. The van der Waals surface area contributed by atoms with Gasteiger partial charge in [-0.2, -0.15) is 0 Å². The summed E-state index contributed by atoms with van der Waals surface area (Å²) in [6.07, 6.45) is 4.59. The first-order chi connectivity index (χ1) is 12.6. The molecule has 0 saturated heterocycles. The van der Waals surface area contributed by atoms with Crippen LogP contribution in [0.1, 0.15) is 65.7 Å². The highest BCUT2D eigenvalue weighted by atomic mass is 16.3. The number of carbonyl (C=O) groups is 2. The molecule has 27 heavy (non-hydrogen) atoms. The first-order valence-electron chi connectivity index (χ1n) is 10.7. The number of hydrogen-bond donors (Lipinski definition) is 3. The Morgan fingerprint density at radius 3 is 2.63 bits per heavy atom. The molecule has 4 fully saturated rings. The zero-order chi connectivity index (χ0) is 19.8. The van der Waals surface area contributed by atoms with Gasteiger partial charge in [-0.15, -0.1) is 0 Å². The van der Waals surface area contributed by atoms with E-state index in [1.165, 1.54) is 0 Å². The Kier molecular flexibility index (Phi) is 4.42. The molecule has 152 valence electrons. The molecule has 0 aromatic carbocycles. The van der Waals surface area contributed by atoms with Crippen molar-refractivity contribution in [3.05, 3.63) is 0 Å². The third-order valence-corrected chi connectivity index (χ3v) is 9.56. The van der Waals surface area contributed by atoms with E-state index in [0.29, 0.717) is 31.0 Å². The van der Waals surface area contributed by atoms with Gasteiger partial charge in [0.25, 0.3) is 0 Å². The molecule has 0 aromatic heterocycles. The molecule has 4 aliphatic rings. The van der Waals surface area contributed by atoms with Crippen molar-refractivity contribution in [3.8, 4) is 0 Å². The highest BCUT2D eigenvalue weighted by Gasteiger charge is 2.70. The molecule has 0 radical (unpaired) electrons. The average molecular weight is 379 g/mol. The summed E-state index contributed by atoms with van der Waals surface area (Å²) in [5, 5.41) is 32.2. The molecule has 0 aliphatic heterocycles. The van der Waals surface area contributed by atoms with Crippen LogP contribution in [-0.2, 0) is 9.59 Å². The van der Waals surface area contributed by atoms with E-state index in [4.69, 9.17) is 0 Å². The van der Waals surface area contributed by atoms with E-state index in [2.05, 4.69) is 6.92 Å². The van der Waals surface area contributed by atoms with Crippen molar-refractivity contribution < 1.29 is 24.9 Å². The second-order valence-corrected chi connectivity index (χ2v) is 10.5. The Bertz CT molecular complexity index is 661. The van der Waals surface area contributed by atoms with Gasteiger partial charge in [-0.05, 0) is 67.1 Å². The summed E-state index contributed by atoms with van der Waals surface area (Å²) in [6, 6.07) is 0. The van der Waals surface area contributed by atoms with Crippen LogP contribution in [-0.4, -0.2) is 45.2 Å². The monoisotopic (exact) mass is 378 g/mol. The first-order valence-corrected chi connectivity index (χ1v) is 10.7. The maximum atomic E-state index is 12.6. The summed E-state index contributed by atoms with van der Waals surface area (Å²) in [7, 11) is 0. The third kappa shape index (κ3) is 2.34. The van der Waals surface area contributed by atoms with Gasteiger partial charge in [0.2, 0.25) is 0 Å². The van der Waals surface area contributed by atoms with Gasteiger partial charge in [0.15, 0.2) is 5.78 Å². The van der Waals surface area contributed by atoms with Crippen molar-refractivity contribution in [2.45, 2.75) is 77.4 Å². The molecule has 0 unspecified atom stereocenters. The molecule has 4 rings (SSSR count). The predicted octanol–water partition coefficient (Wildman–Crippen LogP) is 2.11. The minimum atomic E-state index is -1.57. The van der Waals surface area contributed by atoms with Crippen molar-refractivity contribution in [2.75, 3.05) is 6.61 Å². The second kappa shape index (κ2) is 6.11. The normalized spacial score (nSPS) is 54.8. The molecule has 0 aromatic rings. The van der Waals surface area contributed by atoms with E-state index in [-0.39, 0.29) is 29.1 Å². The van der Waals surface area contributed by atoms with E-state index in [1.807, 2.05) is 13.8 Å². The zero-order valence-corrected chi connectivity index (χ0v) is 16.8. The number of hydrogen-bond acceptors (Lipinski definition) is 5. The zero-order valence-electron chi connectivity index (χ0n) is 16.8. The maximum absolute atomic E-state index is 12.6. The van der Waals surface area contributed by atoms with Crippen LogP contribution < -0.4 is 0 Å². The lowest BCUT2D eigenvalue weighted by Crippen LogP contribution is -2.64. The summed E-state index contributed by atoms with van der Waals surface area (Å²) >= 11 is 0. The minimum absolute atomic E-state index is 0.0392. The maximum Gasteiger partial charge on any atom is 0.190 e. The van der Waals surface area contributed by atoms with E-state index < -0.39 is 29.5 Å². The molecule has 9 atom stereocenters. The lowest BCUT2D eigenvalue weighted by molar-refractivity contribution is -0.201. The minimum Gasteiger partial charge on any atom is -0.393 e. The molecule has 0 amide bonds. The number of aliphatic hydroxyl groups is 3. The van der Waals surface area contributed by atoms with E-state index in [1.54, 1.807) is 0 Å². The van der Waals surface area contributed by atoms with Crippen LogP contribution in [0, 0.1) is 40.4 Å². The van der Waals surface area contributed by atoms with Gasteiger partial charge < -0.3 is 15.3 Å². The second-order valence-electron chi connectivity index (χ2n) is 10.5. The van der Waals surface area contributed by atoms with Gasteiger partial charge in [-0.1, -0.05) is 20.8 Å². The van der Waals surface area contributed by atoms with Crippen molar-refractivity contribution >= 4 is 11.6 Å². The standard InChI is InChI=1S/C22H34O5/c1-12-8-16-15-5-4-13-9-14(24)6-7-20(13,2)19(15)17(25)10-21(16,3)22(12,27)18(26)11-23/h12-13,15-17,19,23,25,27H,4-11H2,1-3H3/t12-,13-,15-,16-,17-,19+,20-,21-,22-/m0/s1. The largest absolute Gasteiger partial charge is 0.393 e. The lowest BCUT2D eigenvalue weighted by atomic mass is 9.43. The summed E-state index contributed by atoms with van der Waals surface area (Å²) in [4.78, 5) is 24.6.